The molecule has 2 aromatic heterocycles. The van der Waals surface area contributed by atoms with Crippen LogP contribution in [-0.4, -0.2) is 37.1 Å². The first-order valence-corrected chi connectivity index (χ1v) is 10.9. The average molecular weight is 444 g/mol. The Morgan fingerprint density at radius 3 is 2.77 bits per heavy atom. The van der Waals surface area contributed by atoms with Crippen LogP contribution in [0.25, 0.3) is 11.1 Å². The van der Waals surface area contributed by atoms with E-state index in [9.17, 15) is 18.0 Å². The van der Waals surface area contributed by atoms with Crippen LogP contribution in [0.3, 0.4) is 0 Å². The lowest BCUT2D eigenvalue weighted by molar-refractivity contribution is -0.116. The predicted octanol–water partition coefficient (Wildman–Crippen LogP) is 2.31. The number of nitrogens with one attached hydrogen (secondary N) is 2. The number of aryl methyl sites for hydroxylation is 1. The summed E-state index contributed by atoms with van der Waals surface area (Å²) in [6, 6.07) is 7.91. The molecule has 0 unspecified atom stereocenters. The Bertz CT molecular complexity index is 1260. The van der Waals surface area contributed by atoms with Gasteiger partial charge >= 0.3 is 0 Å². The maximum Gasteiger partial charge on any atom is 0.249 e. The quantitative estimate of drug-likeness (QED) is 0.596. The molecule has 0 aliphatic carbocycles. The molecule has 3 heterocycles. The first-order chi connectivity index (χ1) is 14.8. The van der Waals surface area contributed by atoms with E-state index in [0.29, 0.717) is 22.6 Å². The number of hydrogen-bond acceptors (Lipinski definition) is 7. The van der Waals surface area contributed by atoms with Crippen molar-refractivity contribution in [1.82, 2.24) is 14.5 Å². The third-order valence-electron chi connectivity index (χ3n) is 4.88. The number of fused-ring (bicyclic) bond motifs is 1. The molecule has 3 aromatic rings. The van der Waals surface area contributed by atoms with Gasteiger partial charge in [-0.1, -0.05) is 6.07 Å². The Morgan fingerprint density at radius 1 is 1.26 bits per heavy atom. The van der Waals surface area contributed by atoms with Crippen molar-refractivity contribution in [2.75, 3.05) is 12.4 Å². The van der Waals surface area contributed by atoms with E-state index in [2.05, 4.69) is 15.1 Å². The van der Waals surface area contributed by atoms with E-state index in [0.717, 1.165) is 4.68 Å². The van der Waals surface area contributed by atoms with Gasteiger partial charge in [0.25, 0.3) is 0 Å². The van der Waals surface area contributed by atoms with Crippen molar-refractivity contribution in [3.05, 3.63) is 48.0 Å². The van der Waals surface area contributed by atoms with E-state index in [1.54, 1.807) is 25.1 Å². The molecule has 0 radical (unpaired) electrons. The van der Waals surface area contributed by atoms with Crippen LogP contribution in [0.2, 0.25) is 0 Å². The molecular weight excluding hydrogens is 424 g/mol. The number of amides is 1. The number of anilines is 1. The molecule has 0 spiro atoms. The Labute approximate surface area is 178 Å². The van der Waals surface area contributed by atoms with E-state index in [1.807, 2.05) is 0 Å². The van der Waals surface area contributed by atoms with E-state index >= 15 is 0 Å². The molecule has 2 N–H and O–H groups in total. The number of ether oxygens (including phenoxy) is 1. The van der Waals surface area contributed by atoms with Gasteiger partial charge in [-0.25, -0.2) is 13.1 Å². The number of carbonyl (C=O) groups excluding carboxylic acids is 2. The van der Waals surface area contributed by atoms with Gasteiger partial charge in [0, 0.05) is 18.4 Å². The standard InChI is InChI=1S/C20H20N4O6S/c1-12-19(20-22-17(25)7-8-18(26)24(20)23-12)13-5-6-15(29-2)16(10-13)31(27,28)21-11-14-4-3-9-30-14/h3-6,9-10,21H,7-8,11H2,1-2H3,(H,22,25). The molecular formula is C20H20N4O6S. The molecule has 1 aromatic carbocycles. The van der Waals surface area contributed by atoms with Crippen LogP contribution in [0.5, 0.6) is 5.75 Å². The molecule has 1 amide bonds. The van der Waals surface area contributed by atoms with Crippen molar-refractivity contribution >= 4 is 27.7 Å². The zero-order chi connectivity index (χ0) is 22.2. The van der Waals surface area contributed by atoms with Crippen molar-refractivity contribution in [2.45, 2.75) is 31.2 Å². The number of hydrogen-bond donors (Lipinski definition) is 2. The lowest BCUT2D eigenvalue weighted by Crippen LogP contribution is -2.23. The van der Waals surface area contributed by atoms with Gasteiger partial charge in [-0.2, -0.15) is 9.78 Å². The number of aromatic nitrogens is 2. The highest BCUT2D eigenvalue weighted by atomic mass is 32.2. The number of benzene rings is 1. The van der Waals surface area contributed by atoms with Crippen molar-refractivity contribution < 1.29 is 27.2 Å². The summed E-state index contributed by atoms with van der Waals surface area (Å²) in [7, 11) is -2.60. The van der Waals surface area contributed by atoms with Crippen LogP contribution in [-0.2, 0) is 21.4 Å². The first-order valence-electron chi connectivity index (χ1n) is 9.43. The molecule has 31 heavy (non-hydrogen) atoms. The second kappa shape index (κ2) is 8.00. The molecule has 0 bridgehead atoms. The van der Waals surface area contributed by atoms with Crippen molar-refractivity contribution in [3.63, 3.8) is 0 Å². The van der Waals surface area contributed by atoms with Crippen LogP contribution in [0.4, 0.5) is 5.82 Å². The summed E-state index contributed by atoms with van der Waals surface area (Å²) in [5.74, 6) is 0.199. The fourth-order valence-electron chi connectivity index (χ4n) is 3.39. The minimum Gasteiger partial charge on any atom is -0.495 e. The number of methoxy groups -OCH3 is 1. The molecule has 0 fully saturated rings. The Morgan fingerprint density at radius 2 is 2.06 bits per heavy atom. The lowest BCUT2D eigenvalue weighted by atomic mass is 10.1. The summed E-state index contributed by atoms with van der Waals surface area (Å²) in [6.45, 7) is 1.65. The van der Waals surface area contributed by atoms with Gasteiger partial charge in [0.1, 0.15) is 22.2 Å². The molecule has 4 rings (SSSR count). The average Bonchev–Trinajstić information content (AvgIpc) is 3.35. The SMILES string of the molecule is COc1ccc(-c2c(C)nn3c2NC(=O)CCC3=O)cc1S(=O)(=O)NCc1ccco1. The highest BCUT2D eigenvalue weighted by Crippen LogP contribution is 2.36. The molecule has 0 atom stereocenters. The summed E-state index contributed by atoms with van der Waals surface area (Å²) < 4.78 is 40.0. The van der Waals surface area contributed by atoms with Crippen molar-refractivity contribution in [1.29, 1.82) is 0 Å². The summed E-state index contributed by atoms with van der Waals surface area (Å²) in [5.41, 5.74) is 1.41. The molecule has 1 aliphatic heterocycles. The van der Waals surface area contributed by atoms with Gasteiger partial charge in [0.15, 0.2) is 0 Å². The monoisotopic (exact) mass is 444 g/mol. The van der Waals surface area contributed by atoms with Gasteiger partial charge in [-0.15, -0.1) is 0 Å². The Balaban J connectivity index is 1.78. The topological polar surface area (TPSA) is 133 Å². The van der Waals surface area contributed by atoms with E-state index in [4.69, 9.17) is 9.15 Å². The second-order valence-corrected chi connectivity index (χ2v) is 8.67. The number of rotatable bonds is 6. The minimum absolute atomic E-state index is 0.0323. The first kappa shape index (κ1) is 20.8. The summed E-state index contributed by atoms with van der Waals surface area (Å²) in [5, 5.41) is 6.95. The fraction of sp³-hybridized carbons (Fsp3) is 0.250. The fourth-order valence-corrected chi connectivity index (χ4v) is 4.58. The van der Waals surface area contributed by atoms with Gasteiger partial charge in [0.05, 0.1) is 25.6 Å². The summed E-state index contributed by atoms with van der Waals surface area (Å²) in [6.07, 6.45) is 1.55. The third-order valence-corrected chi connectivity index (χ3v) is 6.30. The van der Waals surface area contributed by atoms with E-state index in [-0.39, 0.29) is 47.7 Å². The summed E-state index contributed by atoms with van der Waals surface area (Å²) >= 11 is 0. The zero-order valence-electron chi connectivity index (χ0n) is 16.8. The number of furan rings is 1. The maximum absolute atomic E-state index is 13.0. The largest absolute Gasteiger partial charge is 0.495 e. The van der Waals surface area contributed by atoms with Crippen LogP contribution in [0.1, 0.15) is 29.1 Å². The molecule has 0 saturated heterocycles. The van der Waals surface area contributed by atoms with Crippen LogP contribution in [0, 0.1) is 6.92 Å². The number of carbonyl (C=O) groups is 2. The smallest absolute Gasteiger partial charge is 0.249 e. The maximum atomic E-state index is 13.0. The third kappa shape index (κ3) is 3.97. The molecule has 10 nitrogen and oxygen atoms in total. The van der Waals surface area contributed by atoms with Crippen LogP contribution in [0.15, 0.2) is 45.9 Å². The normalized spacial score (nSPS) is 14.1. The van der Waals surface area contributed by atoms with E-state index in [1.165, 1.54) is 25.5 Å². The van der Waals surface area contributed by atoms with Crippen molar-refractivity contribution in [2.24, 2.45) is 0 Å². The lowest BCUT2D eigenvalue weighted by Gasteiger charge is -2.13. The van der Waals surface area contributed by atoms with Gasteiger partial charge in [-0.3, -0.25) is 9.59 Å². The minimum atomic E-state index is -3.97. The molecule has 162 valence electrons. The number of sulfonamides is 1. The second-order valence-electron chi connectivity index (χ2n) is 6.93. The predicted molar refractivity (Wildman–Crippen MR) is 110 cm³/mol. The summed E-state index contributed by atoms with van der Waals surface area (Å²) in [4.78, 5) is 24.3. The zero-order valence-corrected chi connectivity index (χ0v) is 17.7. The highest BCUT2D eigenvalue weighted by Gasteiger charge is 2.28. The van der Waals surface area contributed by atoms with E-state index < -0.39 is 10.0 Å². The van der Waals surface area contributed by atoms with Gasteiger partial charge in [-0.05, 0) is 36.8 Å². The molecule has 0 saturated carbocycles. The molecule has 1 aliphatic rings. The molecule has 11 heteroatoms. The Kier molecular flexibility index (Phi) is 5.38. The van der Waals surface area contributed by atoms with Crippen molar-refractivity contribution in [3.8, 4) is 16.9 Å². The number of nitrogens with zero attached hydrogens (tertiary/aromatic N) is 2. The van der Waals surface area contributed by atoms with Crippen LogP contribution >= 0.6 is 0 Å². The highest BCUT2D eigenvalue weighted by molar-refractivity contribution is 7.89. The van der Waals surface area contributed by atoms with Gasteiger partial charge < -0.3 is 14.5 Å². The Hall–Kier alpha value is -3.44. The van der Waals surface area contributed by atoms with Crippen LogP contribution < -0.4 is 14.8 Å². The van der Waals surface area contributed by atoms with Gasteiger partial charge in [0.2, 0.25) is 21.8 Å².